The van der Waals surface area contributed by atoms with E-state index in [1.54, 1.807) is 6.07 Å². The van der Waals surface area contributed by atoms with Gasteiger partial charge in [0.2, 0.25) is 0 Å². The number of benzene rings is 1. The van der Waals surface area contributed by atoms with Crippen LogP contribution >= 0.6 is 0 Å². The maximum absolute atomic E-state index is 12.7. The third-order valence-electron chi connectivity index (χ3n) is 5.02. The second kappa shape index (κ2) is 8.05. The highest BCUT2D eigenvalue weighted by atomic mass is 16.2. The van der Waals surface area contributed by atoms with E-state index < -0.39 is 0 Å². The van der Waals surface area contributed by atoms with Crippen LogP contribution in [0.2, 0.25) is 0 Å². The summed E-state index contributed by atoms with van der Waals surface area (Å²) in [6.07, 6.45) is 1.45. The standard InChI is InChI=1S/C21H29N5O/c1-5-25-10-12-26(13-11-25)20(27)18-14-19(23-15-22-18)24-17-8-6-16(7-9-17)21(2,3)4/h6-9,14-15H,5,10-13H2,1-4H3,(H,22,23,24). The largest absolute Gasteiger partial charge is 0.340 e. The summed E-state index contributed by atoms with van der Waals surface area (Å²) in [6.45, 7) is 13.1. The highest BCUT2D eigenvalue weighted by Gasteiger charge is 2.22. The van der Waals surface area contributed by atoms with Crippen molar-refractivity contribution in [3.8, 4) is 0 Å². The first kappa shape index (κ1) is 19.3. The number of hydrogen-bond acceptors (Lipinski definition) is 5. The van der Waals surface area contributed by atoms with Crippen LogP contribution in [0, 0.1) is 0 Å². The number of anilines is 2. The lowest BCUT2D eigenvalue weighted by molar-refractivity contribution is 0.0637. The molecule has 1 aliphatic heterocycles. The molecule has 1 N–H and O–H groups in total. The van der Waals surface area contributed by atoms with Crippen LogP contribution in [-0.2, 0) is 5.41 Å². The zero-order valence-electron chi connectivity index (χ0n) is 16.7. The number of piperazine rings is 1. The predicted octanol–water partition coefficient (Wildman–Crippen LogP) is 3.30. The predicted molar refractivity (Wildman–Crippen MR) is 108 cm³/mol. The lowest BCUT2D eigenvalue weighted by Crippen LogP contribution is -2.48. The van der Waals surface area contributed by atoms with Crippen molar-refractivity contribution in [1.29, 1.82) is 0 Å². The third kappa shape index (κ3) is 4.83. The van der Waals surface area contributed by atoms with Crippen molar-refractivity contribution < 1.29 is 4.79 Å². The molecule has 6 nitrogen and oxygen atoms in total. The van der Waals surface area contributed by atoms with Crippen LogP contribution in [-0.4, -0.2) is 58.4 Å². The van der Waals surface area contributed by atoms with Gasteiger partial charge in [0.15, 0.2) is 0 Å². The van der Waals surface area contributed by atoms with Gasteiger partial charge in [0.05, 0.1) is 0 Å². The van der Waals surface area contributed by atoms with Crippen molar-refractivity contribution in [2.24, 2.45) is 0 Å². The first-order chi connectivity index (χ1) is 12.9. The number of carbonyl (C=O) groups excluding carboxylic acids is 1. The maximum atomic E-state index is 12.7. The quantitative estimate of drug-likeness (QED) is 0.898. The van der Waals surface area contributed by atoms with Crippen LogP contribution < -0.4 is 5.32 Å². The molecule has 2 heterocycles. The van der Waals surface area contributed by atoms with Gasteiger partial charge in [-0.1, -0.05) is 39.8 Å². The highest BCUT2D eigenvalue weighted by Crippen LogP contribution is 2.24. The Morgan fingerprint density at radius 3 is 2.33 bits per heavy atom. The molecule has 0 aliphatic carbocycles. The first-order valence-corrected chi connectivity index (χ1v) is 9.58. The van der Waals surface area contributed by atoms with Gasteiger partial charge in [0.1, 0.15) is 17.8 Å². The van der Waals surface area contributed by atoms with Crippen molar-refractivity contribution in [2.75, 3.05) is 38.0 Å². The fourth-order valence-electron chi connectivity index (χ4n) is 3.17. The minimum atomic E-state index is -0.0284. The average Bonchev–Trinajstić information content (AvgIpc) is 2.67. The van der Waals surface area contributed by atoms with E-state index >= 15 is 0 Å². The first-order valence-electron chi connectivity index (χ1n) is 9.58. The summed E-state index contributed by atoms with van der Waals surface area (Å²) < 4.78 is 0. The van der Waals surface area contributed by atoms with E-state index in [1.807, 2.05) is 17.0 Å². The monoisotopic (exact) mass is 367 g/mol. The topological polar surface area (TPSA) is 61.4 Å². The fourth-order valence-corrected chi connectivity index (χ4v) is 3.17. The number of rotatable bonds is 4. The van der Waals surface area contributed by atoms with Gasteiger partial charge >= 0.3 is 0 Å². The lowest BCUT2D eigenvalue weighted by Gasteiger charge is -2.33. The minimum absolute atomic E-state index is 0.0284. The van der Waals surface area contributed by atoms with Gasteiger partial charge in [-0.05, 0) is 29.7 Å². The molecule has 1 aromatic carbocycles. The fraction of sp³-hybridized carbons (Fsp3) is 0.476. The van der Waals surface area contributed by atoms with E-state index in [2.05, 4.69) is 60.0 Å². The van der Waals surface area contributed by atoms with Crippen LogP contribution in [0.3, 0.4) is 0 Å². The number of amides is 1. The summed E-state index contributed by atoms with van der Waals surface area (Å²) in [4.78, 5) is 25.4. The van der Waals surface area contributed by atoms with E-state index in [9.17, 15) is 4.79 Å². The summed E-state index contributed by atoms with van der Waals surface area (Å²) in [5.74, 6) is 0.600. The van der Waals surface area contributed by atoms with Gasteiger partial charge < -0.3 is 15.1 Å². The van der Waals surface area contributed by atoms with Crippen LogP contribution in [0.15, 0.2) is 36.7 Å². The second-order valence-electron chi connectivity index (χ2n) is 7.97. The van der Waals surface area contributed by atoms with Crippen molar-refractivity contribution in [3.63, 3.8) is 0 Å². The number of hydrogen-bond donors (Lipinski definition) is 1. The Bertz CT molecular complexity index is 774. The van der Waals surface area contributed by atoms with Crippen molar-refractivity contribution in [2.45, 2.75) is 33.1 Å². The molecule has 1 aromatic heterocycles. The molecule has 0 unspecified atom stereocenters. The maximum Gasteiger partial charge on any atom is 0.272 e. The summed E-state index contributed by atoms with van der Waals surface area (Å²) in [5, 5.41) is 3.27. The number of carbonyl (C=O) groups is 1. The third-order valence-corrected chi connectivity index (χ3v) is 5.02. The molecule has 0 bridgehead atoms. The van der Waals surface area contributed by atoms with Crippen LogP contribution in [0.5, 0.6) is 0 Å². The Balaban J connectivity index is 1.67. The van der Waals surface area contributed by atoms with E-state index in [1.165, 1.54) is 11.9 Å². The minimum Gasteiger partial charge on any atom is -0.340 e. The number of nitrogens with one attached hydrogen (secondary N) is 1. The van der Waals surface area contributed by atoms with Crippen molar-refractivity contribution >= 4 is 17.4 Å². The van der Waals surface area contributed by atoms with Gasteiger partial charge in [-0.3, -0.25) is 4.79 Å². The van der Waals surface area contributed by atoms with Gasteiger partial charge in [0.25, 0.3) is 5.91 Å². The summed E-state index contributed by atoms with van der Waals surface area (Å²) in [6, 6.07) is 10.0. The van der Waals surface area contributed by atoms with Crippen LogP contribution in [0.4, 0.5) is 11.5 Å². The second-order valence-corrected chi connectivity index (χ2v) is 7.97. The van der Waals surface area contributed by atoms with Gasteiger partial charge in [0, 0.05) is 37.9 Å². The molecule has 144 valence electrons. The van der Waals surface area contributed by atoms with Gasteiger partial charge in [-0.25, -0.2) is 9.97 Å². The molecule has 2 aromatic rings. The number of aromatic nitrogens is 2. The SMILES string of the molecule is CCN1CCN(C(=O)c2cc(Nc3ccc(C(C)(C)C)cc3)ncn2)CC1. The Hall–Kier alpha value is -2.47. The molecule has 27 heavy (non-hydrogen) atoms. The van der Waals surface area contributed by atoms with Gasteiger partial charge in [-0.15, -0.1) is 0 Å². The summed E-state index contributed by atoms with van der Waals surface area (Å²) in [7, 11) is 0. The Labute approximate surface area is 161 Å². The molecule has 1 fully saturated rings. The Kier molecular flexibility index (Phi) is 5.75. The highest BCUT2D eigenvalue weighted by molar-refractivity contribution is 5.93. The molecule has 1 saturated heterocycles. The Morgan fingerprint density at radius 2 is 1.74 bits per heavy atom. The molecule has 0 radical (unpaired) electrons. The van der Waals surface area contributed by atoms with E-state index in [0.29, 0.717) is 11.5 Å². The average molecular weight is 367 g/mol. The lowest BCUT2D eigenvalue weighted by atomic mass is 9.87. The zero-order chi connectivity index (χ0) is 19.4. The zero-order valence-corrected chi connectivity index (χ0v) is 16.7. The number of nitrogens with zero attached hydrogens (tertiary/aromatic N) is 4. The molecular weight excluding hydrogens is 338 g/mol. The van der Waals surface area contributed by atoms with E-state index in [0.717, 1.165) is 38.4 Å². The van der Waals surface area contributed by atoms with E-state index in [4.69, 9.17) is 0 Å². The summed E-state index contributed by atoms with van der Waals surface area (Å²) in [5.41, 5.74) is 2.77. The molecule has 1 amide bonds. The van der Waals surface area contributed by atoms with Crippen molar-refractivity contribution in [3.05, 3.63) is 47.9 Å². The normalized spacial score (nSPS) is 15.6. The molecule has 3 rings (SSSR count). The Morgan fingerprint density at radius 1 is 1.07 bits per heavy atom. The molecule has 1 aliphatic rings. The van der Waals surface area contributed by atoms with E-state index in [-0.39, 0.29) is 11.3 Å². The van der Waals surface area contributed by atoms with Crippen LogP contribution in [0.25, 0.3) is 0 Å². The molecule has 0 atom stereocenters. The smallest absolute Gasteiger partial charge is 0.272 e. The van der Waals surface area contributed by atoms with Crippen LogP contribution in [0.1, 0.15) is 43.7 Å². The molecular formula is C21H29N5O. The number of likely N-dealkylation sites (N-methyl/N-ethyl adjacent to an activating group) is 1. The summed E-state index contributed by atoms with van der Waals surface area (Å²) >= 11 is 0. The molecule has 0 saturated carbocycles. The molecule has 0 spiro atoms. The molecule has 6 heteroatoms. The van der Waals surface area contributed by atoms with Gasteiger partial charge in [-0.2, -0.15) is 0 Å². The van der Waals surface area contributed by atoms with Crippen molar-refractivity contribution in [1.82, 2.24) is 19.8 Å².